The lowest BCUT2D eigenvalue weighted by Crippen LogP contribution is -2.34. The van der Waals surface area contributed by atoms with E-state index in [2.05, 4.69) is 10.6 Å². The fraction of sp³-hybridized carbons (Fsp3) is 0.235. The molecule has 0 saturated carbocycles. The normalized spacial score (nSPS) is 18.1. The zero-order valence-electron chi connectivity index (χ0n) is 12.4. The molecule has 1 unspecified atom stereocenters. The minimum Gasteiger partial charge on any atom is -0.324 e. The summed E-state index contributed by atoms with van der Waals surface area (Å²) in [7, 11) is 0. The van der Waals surface area contributed by atoms with Crippen LogP contribution in [0.3, 0.4) is 0 Å². The Morgan fingerprint density at radius 2 is 1.70 bits per heavy atom. The molecule has 0 aliphatic carbocycles. The second-order valence-electron chi connectivity index (χ2n) is 5.54. The van der Waals surface area contributed by atoms with Gasteiger partial charge < -0.3 is 10.6 Å². The number of hydrogen-bond acceptors (Lipinski definition) is 2. The lowest BCUT2D eigenvalue weighted by Gasteiger charge is -2.11. The Hall–Kier alpha value is -2.34. The summed E-state index contributed by atoms with van der Waals surface area (Å²) in [5.41, 5.74) is 2.47. The number of rotatable bonds is 1. The Kier molecular flexibility index (Phi) is 3.85. The standard InChI is InChI=1S/C17H15F3N2O/c1-10-16(23)22-15-7-4-12(8-13(15)9-21-10)11-2-5-14(6-3-11)17(18,19)20/h2-8,10,21H,9H2,1H3,(H,22,23). The van der Waals surface area contributed by atoms with Crippen LogP contribution in [-0.4, -0.2) is 11.9 Å². The van der Waals surface area contributed by atoms with Crippen molar-refractivity contribution in [3.8, 4) is 11.1 Å². The third-order valence-corrected chi connectivity index (χ3v) is 3.90. The van der Waals surface area contributed by atoms with Gasteiger partial charge in [0.25, 0.3) is 0 Å². The number of halogens is 3. The molecule has 0 spiro atoms. The highest BCUT2D eigenvalue weighted by Gasteiger charge is 2.30. The van der Waals surface area contributed by atoms with Gasteiger partial charge in [-0.2, -0.15) is 13.2 Å². The van der Waals surface area contributed by atoms with Crippen LogP contribution in [0, 0.1) is 0 Å². The van der Waals surface area contributed by atoms with Crippen LogP contribution < -0.4 is 10.6 Å². The molecule has 0 aromatic heterocycles. The Labute approximate surface area is 131 Å². The van der Waals surface area contributed by atoms with Crippen molar-refractivity contribution in [2.24, 2.45) is 0 Å². The number of anilines is 1. The summed E-state index contributed by atoms with van der Waals surface area (Å²) in [6.07, 6.45) is -4.34. The first-order valence-corrected chi connectivity index (χ1v) is 7.19. The molecule has 2 aromatic carbocycles. The molecular formula is C17H15F3N2O. The van der Waals surface area contributed by atoms with E-state index in [9.17, 15) is 18.0 Å². The Bertz CT molecular complexity index is 738. The maximum Gasteiger partial charge on any atom is 0.416 e. The van der Waals surface area contributed by atoms with Crippen molar-refractivity contribution in [1.29, 1.82) is 0 Å². The van der Waals surface area contributed by atoms with E-state index >= 15 is 0 Å². The van der Waals surface area contributed by atoms with Crippen LogP contribution in [0.15, 0.2) is 42.5 Å². The van der Waals surface area contributed by atoms with Crippen molar-refractivity contribution in [1.82, 2.24) is 5.32 Å². The van der Waals surface area contributed by atoms with E-state index in [4.69, 9.17) is 0 Å². The number of fused-ring (bicyclic) bond motifs is 1. The van der Waals surface area contributed by atoms with E-state index < -0.39 is 11.7 Å². The summed E-state index contributed by atoms with van der Waals surface area (Å²) in [6, 6.07) is 10.2. The quantitative estimate of drug-likeness (QED) is 0.839. The van der Waals surface area contributed by atoms with Gasteiger partial charge in [0.15, 0.2) is 0 Å². The first-order valence-electron chi connectivity index (χ1n) is 7.19. The average molecular weight is 320 g/mol. The van der Waals surface area contributed by atoms with Gasteiger partial charge in [-0.25, -0.2) is 0 Å². The molecule has 0 saturated heterocycles. The lowest BCUT2D eigenvalue weighted by atomic mass is 10.0. The van der Waals surface area contributed by atoms with Crippen LogP contribution in [-0.2, 0) is 17.5 Å². The molecule has 1 aliphatic rings. The Balaban J connectivity index is 1.92. The molecule has 120 valence electrons. The number of nitrogens with one attached hydrogen (secondary N) is 2. The SMILES string of the molecule is CC1NCc2cc(-c3ccc(C(F)(F)F)cc3)ccc2NC1=O. The van der Waals surface area contributed by atoms with Gasteiger partial charge in [-0.05, 0) is 47.9 Å². The monoisotopic (exact) mass is 320 g/mol. The van der Waals surface area contributed by atoms with Gasteiger partial charge in [0.1, 0.15) is 0 Å². The first-order chi connectivity index (χ1) is 10.8. The van der Waals surface area contributed by atoms with E-state index in [0.29, 0.717) is 12.1 Å². The largest absolute Gasteiger partial charge is 0.416 e. The van der Waals surface area contributed by atoms with Crippen LogP contribution in [0.5, 0.6) is 0 Å². The third-order valence-electron chi connectivity index (χ3n) is 3.90. The minimum absolute atomic E-state index is 0.106. The van der Waals surface area contributed by atoms with Gasteiger partial charge in [0.2, 0.25) is 5.91 Å². The van der Waals surface area contributed by atoms with Gasteiger partial charge in [-0.3, -0.25) is 4.79 Å². The Morgan fingerprint density at radius 3 is 2.35 bits per heavy atom. The molecule has 3 nitrogen and oxygen atoms in total. The predicted octanol–water partition coefficient (Wildman–Crippen LogP) is 3.80. The first kappa shape index (κ1) is 15.6. The van der Waals surface area contributed by atoms with Crippen molar-refractivity contribution < 1.29 is 18.0 Å². The fourth-order valence-corrected chi connectivity index (χ4v) is 2.49. The lowest BCUT2D eigenvalue weighted by molar-refractivity contribution is -0.137. The van der Waals surface area contributed by atoms with Crippen molar-refractivity contribution in [3.05, 3.63) is 53.6 Å². The van der Waals surface area contributed by atoms with Crippen LogP contribution in [0.25, 0.3) is 11.1 Å². The summed E-state index contributed by atoms with van der Waals surface area (Å²) in [6.45, 7) is 2.29. The van der Waals surface area contributed by atoms with Gasteiger partial charge in [-0.15, -0.1) is 0 Å². The summed E-state index contributed by atoms with van der Waals surface area (Å²) in [4.78, 5) is 11.8. The van der Waals surface area contributed by atoms with Crippen molar-refractivity contribution in [3.63, 3.8) is 0 Å². The van der Waals surface area contributed by atoms with E-state index in [-0.39, 0.29) is 11.9 Å². The molecular weight excluding hydrogens is 305 g/mol. The molecule has 23 heavy (non-hydrogen) atoms. The second kappa shape index (κ2) is 5.70. The highest BCUT2D eigenvalue weighted by molar-refractivity contribution is 5.96. The number of alkyl halides is 3. The molecule has 2 N–H and O–H groups in total. The molecule has 1 heterocycles. The highest BCUT2D eigenvalue weighted by atomic mass is 19.4. The van der Waals surface area contributed by atoms with Gasteiger partial charge in [-0.1, -0.05) is 18.2 Å². The second-order valence-corrected chi connectivity index (χ2v) is 5.54. The van der Waals surface area contributed by atoms with Crippen molar-refractivity contribution in [2.45, 2.75) is 25.7 Å². The average Bonchev–Trinajstić information content (AvgIpc) is 2.66. The Morgan fingerprint density at radius 1 is 1.04 bits per heavy atom. The van der Waals surface area contributed by atoms with E-state index in [1.165, 1.54) is 12.1 Å². The molecule has 0 bridgehead atoms. The number of carbonyl (C=O) groups is 1. The smallest absolute Gasteiger partial charge is 0.324 e. The van der Waals surface area contributed by atoms with Gasteiger partial charge >= 0.3 is 6.18 Å². The highest BCUT2D eigenvalue weighted by Crippen LogP contribution is 2.32. The maximum atomic E-state index is 12.6. The summed E-state index contributed by atoms with van der Waals surface area (Å²) in [5, 5.41) is 5.93. The number of carbonyl (C=O) groups excluding carboxylic acids is 1. The molecule has 1 aliphatic heterocycles. The van der Waals surface area contributed by atoms with Crippen LogP contribution in [0.2, 0.25) is 0 Å². The minimum atomic E-state index is -4.34. The van der Waals surface area contributed by atoms with Crippen molar-refractivity contribution in [2.75, 3.05) is 5.32 Å². The van der Waals surface area contributed by atoms with Crippen LogP contribution in [0.4, 0.5) is 18.9 Å². The number of benzene rings is 2. The van der Waals surface area contributed by atoms with E-state index in [1.54, 1.807) is 19.1 Å². The third kappa shape index (κ3) is 3.22. The fourth-order valence-electron chi connectivity index (χ4n) is 2.49. The zero-order chi connectivity index (χ0) is 16.6. The number of hydrogen-bond donors (Lipinski definition) is 2. The topological polar surface area (TPSA) is 41.1 Å². The summed E-state index contributed by atoms with van der Waals surface area (Å²) in [5.74, 6) is -0.106. The van der Waals surface area contributed by atoms with E-state index in [1.807, 2.05) is 6.07 Å². The molecule has 1 atom stereocenters. The molecule has 6 heteroatoms. The summed E-state index contributed by atoms with van der Waals surface area (Å²) >= 11 is 0. The van der Waals surface area contributed by atoms with Crippen LogP contribution >= 0.6 is 0 Å². The molecule has 1 amide bonds. The molecule has 3 rings (SSSR count). The molecule has 2 aromatic rings. The van der Waals surface area contributed by atoms with Crippen LogP contribution in [0.1, 0.15) is 18.1 Å². The molecule has 0 fully saturated rings. The zero-order valence-corrected chi connectivity index (χ0v) is 12.4. The maximum absolute atomic E-state index is 12.6. The van der Waals surface area contributed by atoms with Crippen molar-refractivity contribution >= 4 is 11.6 Å². The predicted molar refractivity (Wildman–Crippen MR) is 81.8 cm³/mol. The molecule has 0 radical (unpaired) electrons. The van der Waals surface area contributed by atoms with E-state index in [0.717, 1.165) is 28.9 Å². The number of amides is 1. The van der Waals surface area contributed by atoms with Gasteiger partial charge in [0.05, 0.1) is 11.6 Å². The van der Waals surface area contributed by atoms with Gasteiger partial charge in [0, 0.05) is 12.2 Å². The summed E-state index contributed by atoms with van der Waals surface area (Å²) < 4.78 is 37.9.